The fraction of sp³-hybridized carbons (Fsp3) is 0.167. The van der Waals surface area contributed by atoms with Gasteiger partial charge in [0.25, 0.3) is 0 Å². The lowest BCUT2D eigenvalue weighted by atomic mass is 10.1. The Kier molecular flexibility index (Phi) is 4.72. The number of hydrogen-bond acceptors (Lipinski definition) is 4. The molecule has 0 amide bonds. The first-order valence-electron chi connectivity index (χ1n) is 7.65. The van der Waals surface area contributed by atoms with Crippen molar-refractivity contribution in [2.24, 2.45) is 0 Å². The molecule has 6 nitrogen and oxygen atoms in total. The topological polar surface area (TPSA) is 77.2 Å². The van der Waals surface area contributed by atoms with E-state index in [1.54, 1.807) is 17.8 Å². The van der Waals surface area contributed by atoms with Gasteiger partial charge in [0.05, 0.1) is 23.7 Å². The molecule has 0 fully saturated rings. The fourth-order valence-corrected chi connectivity index (χ4v) is 2.71. The van der Waals surface area contributed by atoms with E-state index in [4.69, 9.17) is 16.3 Å². The molecule has 3 rings (SSSR count). The number of pyridine rings is 1. The zero-order valence-corrected chi connectivity index (χ0v) is 14.3. The molecule has 128 valence electrons. The van der Waals surface area contributed by atoms with Crippen LogP contribution in [0.25, 0.3) is 16.7 Å². The largest absolute Gasteiger partial charge is 0.492 e. The van der Waals surface area contributed by atoms with Gasteiger partial charge >= 0.3 is 5.97 Å². The SMILES string of the molecule is C=C(OCC)c1nn(Cc2ccc3ncc(Cl)cc3c2)cc1C(=O)O. The predicted molar refractivity (Wildman–Crippen MR) is 95.7 cm³/mol. The number of nitrogens with zero attached hydrogens (tertiary/aromatic N) is 3. The molecule has 1 N–H and O–H groups in total. The lowest BCUT2D eigenvalue weighted by Crippen LogP contribution is -2.02. The van der Waals surface area contributed by atoms with E-state index in [0.717, 1.165) is 16.5 Å². The molecule has 0 unspecified atom stereocenters. The molecule has 0 aliphatic heterocycles. The Balaban J connectivity index is 1.93. The van der Waals surface area contributed by atoms with Gasteiger partial charge in [-0.15, -0.1) is 0 Å². The van der Waals surface area contributed by atoms with Gasteiger partial charge in [-0.25, -0.2) is 4.79 Å². The van der Waals surface area contributed by atoms with E-state index in [-0.39, 0.29) is 17.0 Å². The van der Waals surface area contributed by atoms with Crippen molar-refractivity contribution in [1.82, 2.24) is 14.8 Å². The van der Waals surface area contributed by atoms with Gasteiger partial charge in [-0.1, -0.05) is 24.2 Å². The average Bonchev–Trinajstić information content (AvgIpc) is 2.99. The molecule has 2 aromatic heterocycles. The third kappa shape index (κ3) is 3.64. The second kappa shape index (κ2) is 6.94. The lowest BCUT2D eigenvalue weighted by Gasteiger charge is -2.05. The molecule has 0 saturated carbocycles. The summed E-state index contributed by atoms with van der Waals surface area (Å²) in [5, 5.41) is 15.1. The number of halogens is 1. The number of ether oxygens (including phenoxy) is 1. The summed E-state index contributed by atoms with van der Waals surface area (Å²) >= 11 is 5.99. The van der Waals surface area contributed by atoms with Crippen LogP contribution in [0.5, 0.6) is 0 Å². The van der Waals surface area contributed by atoms with Gasteiger partial charge in [-0.05, 0) is 30.7 Å². The second-order valence-corrected chi connectivity index (χ2v) is 5.87. The average molecular weight is 358 g/mol. The Morgan fingerprint density at radius 2 is 2.20 bits per heavy atom. The van der Waals surface area contributed by atoms with Crippen molar-refractivity contribution in [3.63, 3.8) is 0 Å². The molecular weight excluding hydrogens is 342 g/mol. The van der Waals surface area contributed by atoms with E-state index >= 15 is 0 Å². The molecule has 2 heterocycles. The standard InChI is InChI=1S/C18H16ClN3O3/c1-3-25-11(2)17-15(18(23)24)10-22(21-17)9-12-4-5-16-13(6-12)7-14(19)8-20-16/h4-8,10H,2-3,9H2,1H3,(H,23,24). The predicted octanol–water partition coefficient (Wildman–Crippen LogP) is 3.84. The number of rotatable bonds is 6. The highest BCUT2D eigenvalue weighted by Gasteiger charge is 2.19. The van der Waals surface area contributed by atoms with Crippen LogP contribution in [0, 0.1) is 0 Å². The van der Waals surface area contributed by atoms with Gasteiger partial charge in [-0.2, -0.15) is 5.10 Å². The van der Waals surface area contributed by atoms with Gasteiger partial charge in [0, 0.05) is 17.8 Å². The van der Waals surface area contributed by atoms with Crippen LogP contribution in [-0.2, 0) is 11.3 Å². The highest BCUT2D eigenvalue weighted by molar-refractivity contribution is 6.31. The maximum Gasteiger partial charge on any atom is 0.339 e. The van der Waals surface area contributed by atoms with E-state index in [2.05, 4.69) is 16.7 Å². The highest BCUT2D eigenvalue weighted by Crippen LogP contribution is 2.21. The van der Waals surface area contributed by atoms with Crippen LogP contribution in [0.15, 0.2) is 43.2 Å². The first kappa shape index (κ1) is 17.0. The number of carboxylic acid groups (broad SMARTS) is 1. The van der Waals surface area contributed by atoms with Crippen molar-refractivity contribution in [1.29, 1.82) is 0 Å². The summed E-state index contributed by atoms with van der Waals surface area (Å²) in [4.78, 5) is 15.7. The van der Waals surface area contributed by atoms with E-state index in [9.17, 15) is 9.90 Å². The smallest absolute Gasteiger partial charge is 0.339 e. The monoisotopic (exact) mass is 357 g/mol. The van der Waals surface area contributed by atoms with E-state index < -0.39 is 5.97 Å². The highest BCUT2D eigenvalue weighted by atomic mass is 35.5. The molecular formula is C18H16ClN3O3. The third-order valence-electron chi connectivity index (χ3n) is 3.63. The molecule has 0 aliphatic carbocycles. The van der Waals surface area contributed by atoms with Crippen molar-refractivity contribution in [3.05, 3.63) is 65.1 Å². The summed E-state index contributed by atoms with van der Waals surface area (Å²) in [6, 6.07) is 7.60. The van der Waals surface area contributed by atoms with E-state index in [1.807, 2.05) is 24.3 Å². The van der Waals surface area contributed by atoms with Crippen molar-refractivity contribution >= 4 is 34.2 Å². The van der Waals surface area contributed by atoms with Crippen LogP contribution < -0.4 is 0 Å². The third-order valence-corrected chi connectivity index (χ3v) is 3.84. The molecule has 7 heteroatoms. The number of fused-ring (bicyclic) bond motifs is 1. The number of aromatic carboxylic acids is 1. The normalized spacial score (nSPS) is 10.8. The summed E-state index contributed by atoms with van der Waals surface area (Å²) in [6.45, 7) is 6.34. The van der Waals surface area contributed by atoms with Crippen molar-refractivity contribution in [3.8, 4) is 0 Å². The van der Waals surface area contributed by atoms with Gasteiger partial charge < -0.3 is 9.84 Å². The molecule has 0 atom stereocenters. The maximum atomic E-state index is 11.4. The zero-order valence-electron chi connectivity index (χ0n) is 13.6. The molecule has 0 spiro atoms. The maximum absolute atomic E-state index is 11.4. The van der Waals surface area contributed by atoms with Crippen LogP contribution >= 0.6 is 11.6 Å². The number of hydrogen-bond donors (Lipinski definition) is 1. The van der Waals surface area contributed by atoms with Crippen LogP contribution in [0.2, 0.25) is 5.02 Å². The molecule has 0 radical (unpaired) electrons. The minimum Gasteiger partial charge on any atom is -0.492 e. The second-order valence-electron chi connectivity index (χ2n) is 5.43. The summed E-state index contributed by atoms with van der Waals surface area (Å²) in [5.41, 5.74) is 2.08. The number of aromatic nitrogens is 3. The zero-order chi connectivity index (χ0) is 18.0. The molecule has 25 heavy (non-hydrogen) atoms. The Labute approximate surface area is 149 Å². The van der Waals surface area contributed by atoms with Gasteiger partial charge in [0.2, 0.25) is 0 Å². The molecule has 1 aromatic carbocycles. The number of benzene rings is 1. The number of carbonyl (C=O) groups is 1. The summed E-state index contributed by atoms with van der Waals surface area (Å²) in [6.07, 6.45) is 3.07. The quantitative estimate of drug-likeness (QED) is 0.678. The Hall–Kier alpha value is -2.86. The molecule has 0 aliphatic rings. The summed E-state index contributed by atoms with van der Waals surface area (Å²) in [7, 11) is 0. The minimum absolute atomic E-state index is 0.0592. The Bertz CT molecular complexity index is 965. The summed E-state index contributed by atoms with van der Waals surface area (Å²) < 4.78 is 6.85. The first-order valence-corrected chi connectivity index (χ1v) is 8.02. The first-order chi connectivity index (χ1) is 12.0. The van der Waals surface area contributed by atoms with E-state index in [0.29, 0.717) is 18.2 Å². The molecule has 0 saturated heterocycles. The van der Waals surface area contributed by atoms with Gasteiger partial charge in [0.1, 0.15) is 17.0 Å². The van der Waals surface area contributed by atoms with Crippen molar-refractivity contribution < 1.29 is 14.6 Å². The molecule has 3 aromatic rings. The minimum atomic E-state index is -1.07. The van der Waals surface area contributed by atoms with Crippen molar-refractivity contribution in [2.45, 2.75) is 13.5 Å². The fourth-order valence-electron chi connectivity index (χ4n) is 2.55. The molecule has 0 bridgehead atoms. The van der Waals surface area contributed by atoms with Gasteiger partial charge in [-0.3, -0.25) is 9.67 Å². The van der Waals surface area contributed by atoms with Crippen LogP contribution in [0.3, 0.4) is 0 Å². The van der Waals surface area contributed by atoms with E-state index in [1.165, 1.54) is 6.20 Å². The van der Waals surface area contributed by atoms with Gasteiger partial charge in [0.15, 0.2) is 0 Å². The van der Waals surface area contributed by atoms with Crippen LogP contribution in [0.1, 0.15) is 28.5 Å². The Morgan fingerprint density at radius 1 is 1.40 bits per heavy atom. The van der Waals surface area contributed by atoms with Crippen molar-refractivity contribution in [2.75, 3.05) is 6.61 Å². The number of carboxylic acids is 1. The Morgan fingerprint density at radius 3 is 2.92 bits per heavy atom. The lowest BCUT2D eigenvalue weighted by molar-refractivity contribution is 0.0695. The van der Waals surface area contributed by atoms with Crippen LogP contribution in [0.4, 0.5) is 0 Å². The summed E-state index contributed by atoms with van der Waals surface area (Å²) in [5.74, 6) is -0.829. The van der Waals surface area contributed by atoms with Crippen LogP contribution in [-0.4, -0.2) is 32.4 Å².